The first-order valence-corrected chi connectivity index (χ1v) is 7.81. The lowest BCUT2D eigenvalue weighted by molar-refractivity contribution is -0.136. The zero-order chi connectivity index (χ0) is 13.8. The Balaban J connectivity index is 1.82. The molecule has 5 heteroatoms. The van der Waals surface area contributed by atoms with Gasteiger partial charge in [0.25, 0.3) is 0 Å². The molecule has 2 heterocycles. The van der Waals surface area contributed by atoms with E-state index in [1.54, 1.807) is 11.3 Å². The topological polar surface area (TPSA) is 53.4 Å². The van der Waals surface area contributed by atoms with Crippen molar-refractivity contribution < 1.29 is 9.90 Å². The van der Waals surface area contributed by atoms with Gasteiger partial charge in [-0.25, -0.2) is 4.98 Å². The number of piperidine rings is 1. The molecular formula is C14H22N2O2S. The van der Waals surface area contributed by atoms with E-state index in [1.807, 2.05) is 5.38 Å². The van der Waals surface area contributed by atoms with E-state index >= 15 is 0 Å². The monoisotopic (exact) mass is 282 g/mol. The predicted molar refractivity (Wildman–Crippen MR) is 76.6 cm³/mol. The molecule has 0 saturated carbocycles. The molecule has 0 aromatic carbocycles. The van der Waals surface area contributed by atoms with Gasteiger partial charge >= 0.3 is 5.97 Å². The van der Waals surface area contributed by atoms with Crippen LogP contribution in [0.3, 0.4) is 0 Å². The van der Waals surface area contributed by atoms with E-state index < -0.39 is 5.97 Å². The Kier molecular flexibility index (Phi) is 4.93. The van der Waals surface area contributed by atoms with E-state index in [4.69, 9.17) is 5.11 Å². The number of carboxylic acids is 1. The molecule has 0 spiro atoms. The van der Waals surface area contributed by atoms with Crippen molar-refractivity contribution in [2.24, 2.45) is 5.92 Å². The summed E-state index contributed by atoms with van der Waals surface area (Å²) >= 11 is 1.60. The number of aliphatic carboxylic acids is 1. The summed E-state index contributed by atoms with van der Waals surface area (Å²) in [4.78, 5) is 17.6. The second-order valence-electron chi connectivity index (χ2n) is 5.58. The number of aromatic nitrogens is 1. The highest BCUT2D eigenvalue weighted by molar-refractivity contribution is 7.09. The van der Waals surface area contributed by atoms with Gasteiger partial charge in [0.15, 0.2) is 0 Å². The minimum atomic E-state index is -0.804. The highest BCUT2D eigenvalue weighted by Crippen LogP contribution is 2.24. The van der Waals surface area contributed by atoms with Gasteiger partial charge in [0.1, 0.15) is 0 Å². The fourth-order valence-corrected chi connectivity index (χ4v) is 3.51. The normalized spacial score (nSPS) is 18.1. The van der Waals surface area contributed by atoms with Crippen molar-refractivity contribution in [1.29, 1.82) is 0 Å². The average Bonchev–Trinajstić information content (AvgIpc) is 2.76. The molecule has 0 aliphatic carbocycles. The fourth-order valence-electron chi connectivity index (χ4n) is 2.60. The second kappa shape index (κ2) is 6.48. The van der Waals surface area contributed by atoms with Gasteiger partial charge in [-0.2, -0.15) is 0 Å². The molecule has 1 fully saturated rings. The van der Waals surface area contributed by atoms with E-state index in [0.717, 1.165) is 11.4 Å². The van der Waals surface area contributed by atoms with Gasteiger partial charge in [-0.05, 0) is 45.7 Å². The van der Waals surface area contributed by atoms with E-state index in [9.17, 15) is 4.79 Å². The number of rotatable bonds is 5. The average molecular weight is 282 g/mol. The summed E-state index contributed by atoms with van der Waals surface area (Å²) in [5.41, 5.74) is 0.701. The minimum absolute atomic E-state index is 0.0439. The van der Waals surface area contributed by atoms with E-state index in [1.165, 1.54) is 25.9 Å². The first-order valence-electron chi connectivity index (χ1n) is 6.93. The zero-order valence-corrected chi connectivity index (χ0v) is 12.4. The Morgan fingerprint density at radius 2 is 2.21 bits per heavy atom. The second-order valence-corrected chi connectivity index (χ2v) is 6.52. The zero-order valence-electron chi connectivity index (χ0n) is 11.6. The third-order valence-electron chi connectivity index (χ3n) is 3.77. The van der Waals surface area contributed by atoms with Gasteiger partial charge < -0.3 is 10.0 Å². The molecule has 0 radical (unpaired) electrons. The van der Waals surface area contributed by atoms with Gasteiger partial charge in [0.2, 0.25) is 0 Å². The highest BCUT2D eigenvalue weighted by Gasteiger charge is 2.21. The molecule has 0 amide bonds. The summed E-state index contributed by atoms with van der Waals surface area (Å²) in [6.07, 6.45) is 3.51. The quantitative estimate of drug-likeness (QED) is 0.901. The molecule has 2 rings (SSSR count). The Morgan fingerprint density at radius 3 is 2.79 bits per heavy atom. The Labute approximate surface area is 118 Å². The number of nitrogens with zero attached hydrogens (tertiary/aromatic N) is 2. The third kappa shape index (κ3) is 4.28. The van der Waals surface area contributed by atoms with Crippen LogP contribution in [0.2, 0.25) is 0 Å². The summed E-state index contributed by atoms with van der Waals surface area (Å²) in [5, 5.41) is 11.7. The predicted octanol–water partition coefficient (Wildman–Crippen LogP) is 2.43. The number of thiazole rings is 1. The molecule has 0 atom stereocenters. The van der Waals surface area contributed by atoms with Gasteiger partial charge in [-0.15, -0.1) is 11.3 Å². The van der Waals surface area contributed by atoms with Gasteiger partial charge in [0.05, 0.1) is 17.1 Å². The maximum Gasteiger partial charge on any atom is 0.309 e. The molecule has 1 aliphatic heterocycles. The van der Waals surface area contributed by atoms with Crippen molar-refractivity contribution in [3.63, 3.8) is 0 Å². The molecule has 0 unspecified atom stereocenters. The number of likely N-dealkylation sites (tertiary alicyclic amines) is 1. The van der Waals surface area contributed by atoms with Crippen LogP contribution >= 0.6 is 11.3 Å². The molecule has 106 valence electrons. The smallest absolute Gasteiger partial charge is 0.309 e. The Hall–Kier alpha value is -0.940. The number of carbonyl (C=O) groups is 1. The molecule has 19 heavy (non-hydrogen) atoms. The van der Waals surface area contributed by atoms with Crippen LogP contribution < -0.4 is 0 Å². The van der Waals surface area contributed by atoms with Crippen molar-refractivity contribution in [1.82, 2.24) is 9.88 Å². The lowest BCUT2D eigenvalue weighted by atomic mass is 9.93. The largest absolute Gasteiger partial charge is 0.481 e. The first-order chi connectivity index (χ1) is 9.04. The lowest BCUT2D eigenvalue weighted by Gasteiger charge is -2.34. The molecule has 1 saturated heterocycles. The van der Waals surface area contributed by atoms with Crippen LogP contribution in [-0.4, -0.2) is 40.1 Å². The van der Waals surface area contributed by atoms with E-state index in [2.05, 4.69) is 23.7 Å². The van der Waals surface area contributed by atoms with Crippen LogP contribution in [0, 0.1) is 5.92 Å². The number of hydrogen-bond donors (Lipinski definition) is 1. The van der Waals surface area contributed by atoms with Crippen LogP contribution in [0.1, 0.15) is 37.4 Å². The van der Waals surface area contributed by atoms with E-state index in [0.29, 0.717) is 17.7 Å². The first kappa shape index (κ1) is 14.5. The maximum absolute atomic E-state index is 10.6. The molecule has 1 aliphatic rings. The van der Waals surface area contributed by atoms with Crippen LogP contribution in [-0.2, 0) is 17.6 Å². The number of hydrogen-bond acceptors (Lipinski definition) is 4. The lowest BCUT2D eigenvalue weighted by Crippen LogP contribution is -2.38. The maximum atomic E-state index is 10.6. The molecule has 1 aromatic heterocycles. The third-order valence-corrected chi connectivity index (χ3v) is 4.69. The summed E-state index contributed by atoms with van der Waals surface area (Å²) in [6.45, 7) is 6.85. The van der Waals surface area contributed by atoms with Gasteiger partial charge in [-0.1, -0.05) is 0 Å². The van der Waals surface area contributed by atoms with Crippen LogP contribution in [0.5, 0.6) is 0 Å². The van der Waals surface area contributed by atoms with Crippen LogP contribution in [0.25, 0.3) is 0 Å². The van der Waals surface area contributed by atoms with Crippen LogP contribution in [0.15, 0.2) is 5.38 Å². The minimum Gasteiger partial charge on any atom is -0.481 e. The van der Waals surface area contributed by atoms with E-state index in [-0.39, 0.29) is 6.42 Å². The fraction of sp³-hybridized carbons (Fsp3) is 0.714. The molecule has 0 bridgehead atoms. The highest BCUT2D eigenvalue weighted by atomic mass is 32.1. The summed E-state index contributed by atoms with van der Waals surface area (Å²) < 4.78 is 0. The van der Waals surface area contributed by atoms with Gasteiger partial charge in [-0.3, -0.25) is 4.79 Å². The molecular weight excluding hydrogens is 260 g/mol. The summed E-state index contributed by atoms with van der Waals surface area (Å²) in [6, 6.07) is 0.642. The molecule has 1 N–H and O–H groups in total. The summed E-state index contributed by atoms with van der Waals surface area (Å²) in [5.74, 6) is -0.0964. The van der Waals surface area contributed by atoms with Crippen molar-refractivity contribution in [3.8, 4) is 0 Å². The van der Waals surface area contributed by atoms with Crippen molar-refractivity contribution in [2.75, 3.05) is 13.1 Å². The van der Waals surface area contributed by atoms with Crippen molar-refractivity contribution >= 4 is 17.3 Å². The van der Waals surface area contributed by atoms with Gasteiger partial charge in [0, 0.05) is 17.8 Å². The molecule has 4 nitrogen and oxygen atoms in total. The summed E-state index contributed by atoms with van der Waals surface area (Å²) in [7, 11) is 0. The number of carboxylic acid groups (broad SMARTS) is 1. The standard InChI is InChI=1S/C14H22N2O2S/c1-10(2)16-5-3-11(4-6-16)7-13-15-12(9-19-13)8-14(17)18/h9-11H,3-8H2,1-2H3,(H,17,18). The SMILES string of the molecule is CC(C)N1CCC(Cc2nc(CC(=O)O)cs2)CC1. The van der Waals surface area contributed by atoms with Crippen LogP contribution in [0.4, 0.5) is 0 Å². The Bertz CT molecular complexity index is 423. The van der Waals surface area contributed by atoms with Crippen molar-refractivity contribution in [2.45, 2.75) is 45.6 Å². The van der Waals surface area contributed by atoms with Crippen molar-refractivity contribution in [3.05, 3.63) is 16.1 Å². The molecule has 1 aromatic rings. The Morgan fingerprint density at radius 1 is 1.53 bits per heavy atom.